The van der Waals surface area contributed by atoms with Gasteiger partial charge in [-0.2, -0.15) is 0 Å². The van der Waals surface area contributed by atoms with Crippen molar-refractivity contribution in [1.29, 1.82) is 0 Å². The van der Waals surface area contributed by atoms with Gasteiger partial charge in [0.15, 0.2) is 11.6 Å². The molecule has 23 heavy (non-hydrogen) atoms. The maximum atomic E-state index is 13.4. The van der Waals surface area contributed by atoms with Crippen molar-refractivity contribution in [2.45, 2.75) is 16.7 Å². The summed E-state index contributed by atoms with van der Waals surface area (Å²) in [4.78, 5) is 14.4. The molecule has 0 saturated carbocycles. The molecule has 0 amide bonds. The third-order valence-corrected chi connectivity index (χ3v) is 5.23. The fourth-order valence-corrected chi connectivity index (χ4v) is 3.73. The largest absolute Gasteiger partial charge is 0.360 e. The van der Waals surface area contributed by atoms with Crippen LogP contribution in [0.5, 0.6) is 0 Å². The zero-order valence-electron chi connectivity index (χ0n) is 11.9. The molecule has 1 heterocycles. The molecule has 1 N–H and O–H groups in total. The molecule has 0 radical (unpaired) electrons. The molecule has 0 aliphatic carbocycles. The van der Waals surface area contributed by atoms with Gasteiger partial charge in [0.1, 0.15) is 4.90 Å². The molecule has 0 aliphatic rings. The van der Waals surface area contributed by atoms with Gasteiger partial charge in [-0.25, -0.2) is 17.2 Å². The van der Waals surface area contributed by atoms with E-state index in [9.17, 15) is 22.0 Å². The Hall–Kier alpha value is -2.54. The Bertz CT molecular complexity index is 1090. The minimum absolute atomic E-state index is 0.0251. The summed E-state index contributed by atoms with van der Waals surface area (Å²) in [7, 11) is -4.07. The van der Waals surface area contributed by atoms with Crippen molar-refractivity contribution in [1.82, 2.24) is 4.98 Å². The number of rotatable bonds is 2. The van der Waals surface area contributed by atoms with Crippen LogP contribution in [0.2, 0.25) is 0 Å². The van der Waals surface area contributed by atoms with E-state index in [1.807, 2.05) is 0 Å². The molecule has 0 spiro atoms. The smallest absolute Gasteiger partial charge is 0.211 e. The van der Waals surface area contributed by atoms with Gasteiger partial charge in [-0.3, -0.25) is 4.79 Å². The quantitative estimate of drug-likeness (QED) is 0.783. The molecule has 3 aromatic rings. The molecular weight excluding hydrogens is 324 g/mol. The van der Waals surface area contributed by atoms with Crippen molar-refractivity contribution in [3.8, 4) is 0 Å². The summed E-state index contributed by atoms with van der Waals surface area (Å²) in [6.07, 6.45) is 1.000. The van der Waals surface area contributed by atoms with E-state index in [2.05, 4.69) is 4.98 Å². The lowest BCUT2D eigenvalue weighted by molar-refractivity contribution is 0.510. The van der Waals surface area contributed by atoms with E-state index >= 15 is 0 Å². The maximum absolute atomic E-state index is 13.4. The van der Waals surface area contributed by atoms with Gasteiger partial charge in [-0.05, 0) is 30.7 Å². The molecule has 3 rings (SSSR count). The molecule has 0 unspecified atom stereocenters. The molecule has 0 saturated heterocycles. The number of benzene rings is 2. The van der Waals surface area contributed by atoms with Crippen LogP contribution in [-0.2, 0) is 9.84 Å². The molecule has 4 nitrogen and oxygen atoms in total. The molecule has 7 heteroatoms. The van der Waals surface area contributed by atoms with Crippen molar-refractivity contribution in [3.63, 3.8) is 0 Å². The predicted octanol–water partition coefficient (Wildman–Crippen LogP) is 2.95. The molecule has 0 aliphatic heterocycles. The van der Waals surface area contributed by atoms with Gasteiger partial charge >= 0.3 is 0 Å². The van der Waals surface area contributed by atoms with Crippen LogP contribution in [0.3, 0.4) is 0 Å². The van der Waals surface area contributed by atoms with E-state index in [-0.39, 0.29) is 15.8 Å². The van der Waals surface area contributed by atoms with Crippen LogP contribution in [0.25, 0.3) is 10.9 Å². The number of aromatic amines is 1. The van der Waals surface area contributed by atoms with Crippen LogP contribution in [0.15, 0.2) is 57.2 Å². The van der Waals surface area contributed by atoms with Gasteiger partial charge in [-0.15, -0.1) is 0 Å². The topological polar surface area (TPSA) is 67.0 Å². The summed E-state index contributed by atoms with van der Waals surface area (Å²) in [5, 5.41) is -0.224. The lowest BCUT2D eigenvalue weighted by Crippen LogP contribution is -2.16. The van der Waals surface area contributed by atoms with Gasteiger partial charge in [-0.1, -0.05) is 12.1 Å². The second-order valence-electron chi connectivity index (χ2n) is 5.11. The van der Waals surface area contributed by atoms with Crippen LogP contribution in [0, 0.1) is 18.6 Å². The zero-order chi connectivity index (χ0) is 16.8. The Kier molecular flexibility index (Phi) is 3.52. The van der Waals surface area contributed by atoms with Crippen LogP contribution in [0.1, 0.15) is 5.56 Å². The molecular formula is C16H11F2NO3S. The molecule has 1 aromatic heterocycles. The Morgan fingerprint density at radius 1 is 1.04 bits per heavy atom. The molecule has 0 fully saturated rings. The first-order valence-electron chi connectivity index (χ1n) is 6.63. The highest BCUT2D eigenvalue weighted by Crippen LogP contribution is 2.21. The molecule has 118 valence electrons. The first kappa shape index (κ1) is 15.4. The zero-order valence-corrected chi connectivity index (χ0v) is 12.7. The SMILES string of the molecule is Cc1cccc(S(=O)(=O)c2c[nH]c3cc(F)c(F)cc3c2=O)c1. The Morgan fingerprint density at radius 2 is 1.74 bits per heavy atom. The number of aryl methyl sites for hydroxylation is 1. The van der Waals surface area contributed by atoms with Crippen molar-refractivity contribution < 1.29 is 17.2 Å². The van der Waals surface area contributed by atoms with Crippen molar-refractivity contribution >= 4 is 20.7 Å². The number of halogens is 2. The minimum atomic E-state index is -4.07. The van der Waals surface area contributed by atoms with Crippen molar-refractivity contribution in [3.05, 3.63) is 70.0 Å². The highest BCUT2D eigenvalue weighted by atomic mass is 32.2. The highest BCUT2D eigenvalue weighted by molar-refractivity contribution is 7.91. The minimum Gasteiger partial charge on any atom is -0.360 e. The second-order valence-corrected chi connectivity index (χ2v) is 7.03. The predicted molar refractivity (Wildman–Crippen MR) is 81.1 cm³/mol. The highest BCUT2D eigenvalue weighted by Gasteiger charge is 2.23. The Balaban J connectivity index is 2.30. The number of sulfone groups is 1. The lowest BCUT2D eigenvalue weighted by Gasteiger charge is -2.07. The molecule has 0 bridgehead atoms. The van der Waals surface area contributed by atoms with E-state index in [0.29, 0.717) is 6.07 Å². The van der Waals surface area contributed by atoms with Gasteiger partial charge in [0.2, 0.25) is 15.3 Å². The van der Waals surface area contributed by atoms with E-state index < -0.39 is 31.8 Å². The van der Waals surface area contributed by atoms with Gasteiger partial charge in [0, 0.05) is 17.6 Å². The third kappa shape index (κ3) is 2.53. The van der Waals surface area contributed by atoms with Crippen molar-refractivity contribution in [2.75, 3.05) is 0 Å². The number of nitrogens with one attached hydrogen (secondary N) is 1. The first-order valence-corrected chi connectivity index (χ1v) is 8.11. The summed E-state index contributed by atoms with van der Waals surface area (Å²) in [6, 6.07) is 7.60. The Morgan fingerprint density at radius 3 is 2.43 bits per heavy atom. The van der Waals surface area contributed by atoms with Crippen LogP contribution >= 0.6 is 0 Å². The van der Waals surface area contributed by atoms with Gasteiger partial charge < -0.3 is 4.98 Å². The van der Waals surface area contributed by atoms with Gasteiger partial charge in [0.25, 0.3) is 0 Å². The normalized spacial score (nSPS) is 11.8. The summed E-state index contributed by atoms with van der Waals surface area (Å²) in [6.45, 7) is 1.72. The number of pyridine rings is 1. The average molecular weight is 335 g/mol. The number of aromatic nitrogens is 1. The standard InChI is InChI=1S/C16H11F2NO3S/c1-9-3-2-4-10(5-9)23(21,22)15-8-19-14-7-13(18)12(17)6-11(14)16(15)20/h2-8H,1H3,(H,19,20). The monoisotopic (exact) mass is 335 g/mol. The second kappa shape index (κ2) is 5.27. The summed E-state index contributed by atoms with van der Waals surface area (Å²) >= 11 is 0. The number of H-pyrrole nitrogens is 1. The fraction of sp³-hybridized carbons (Fsp3) is 0.0625. The fourth-order valence-electron chi connectivity index (χ4n) is 2.30. The van der Waals surface area contributed by atoms with E-state index in [4.69, 9.17) is 0 Å². The van der Waals surface area contributed by atoms with Gasteiger partial charge in [0.05, 0.1) is 10.4 Å². The summed E-state index contributed by atoms with van der Waals surface area (Å²) in [5.74, 6) is -2.34. The lowest BCUT2D eigenvalue weighted by atomic mass is 10.2. The summed E-state index contributed by atoms with van der Waals surface area (Å²) in [5.41, 5.74) is -0.132. The van der Waals surface area contributed by atoms with E-state index in [0.717, 1.165) is 17.8 Å². The number of hydrogen-bond donors (Lipinski definition) is 1. The average Bonchev–Trinajstić information content (AvgIpc) is 2.49. The first-order chi connectivity index (χ1) is 10.8. The van der Waals surface area contributed by atoms with Crippen LogP contribution < -0.4 is 5.43 Å². The maximum Gasteiger partial charge on any atom is 0.211 e. The number of hydrogen-bond acceptors (Lipinski definition) is 3. The van der Waals surface area contributed by atoms with Crippen LogP contribution in [0.4, 0.5) is 8.78 Å². The van der Waals surface area contributed by atoms with E-state index in [1.165, 1.54) is 12.1 Å². The summed E-state index contributed by atoms with van der Waals surface area (Å²) < 4.78 is 51.8. The van der Waals surface area contributed by atoms with Crippen LogP contribution in [-0.4, -0.2) is 13.4 Å². The molecule has 0 atom stereocenters. The Labute approximate surface area is 130 Å². The third-order valence-electron chi connectivity index (χ3n) is 3.48. The molecule has 2 aromatic carbocycles. The van der Waals surface area contributed by atoms with Crippen molar-refractivity contribution in [2.24, 2.45) is 0 Å². The number of fused-ring (bicyclic) bond motifs is 1. The van der Waals surface area contributed by atoms with E-state index in [1.54, 1.807) is 19.1 Å².